The number of anilines is 1. The lowest BCUT2D eigenvalue weighted by molar-refractivity contribution is -0.113. The van der Waals surface area contributed by atoms with E-state index >= 15 is 0 Å². The van der Waals surface area contributed by atoms with E-state index in [1.54, 1.807) is 30.3 Å². The largest absolute Gasteiger partial charge is 0.508 e. The maximum atomic E-state index is 12.5. The molecule has 6 nitrogen and oxygen atoms in total. The Morgan fingerprint density at radius 3 is 2.62 bits per heavy atom. The molecule has 0 bridgehead atoms. The number of amides is 2. The minimum absolute atomic E-state index is 0.0116. The molecule has 7 heteroatoms. The highest BCUT2D eigenvalue weighted by molar-refractivity contribution is 8.19. The third kappa shape index (κ3) is 2.93. The average Bonchev–Trinajstić information content (AvgIpc) is 2.83. The van der Waals surface area contributed by atoms with E-state index < -0.39 is 11.1 Å². The van der Waals surface area contributed by atoms with E-state index in [9.17, 15) is 19.8 Å². The van der Waals surface area contributed by atoms with Crippen LogP contribution < -0.4 is 9.64 Å². The average molecular weight is 343 g/mol. The van der Waals surface area contributed by atoms with Gasteiger partial charge in [0.1, 0.15) is 5.75 Å². The molecule has 0 spiro atoms. The molecular formula is C17H13NO5S. The number of nitrogens with zero attached hydrogens (tertiary/aromatic N) is 1. The van der Waals surface area contributed by atoms with Crippen molar-refractivity contribution < 1.29 is 24.5 Å². The van der Waals surface area contributed by atoms with Gasteiger partial charge < -0.3 is 14.9 Å². The monoisotopic (exact) mass is 343 g/mol. The first-order chi connectivity index (χ1) is 11.5. The van der Waals surface area contributed by atoms with Gasteiger partial charge >= 0.3 is 0 Å². The van der Waals surface area contributed by atoms with Crippen molar-refractivity contribution in [2.24, 2.45) is 0 Å². The van der Waals surface area contributed by atoms with Gasteiger partial charge in [-0.3, -0.25) is 9.59 Å². The number of ether oxygens (including phenoxy) is 1. The zero-order valence-corrected chi connectivity index (χ0v) is 13.4. The predicted molar refractivity (Wildman–Crippen MR) is 91.2 cm³/mol. The molecule has 1 aliphatic rings. The van der Waals surface area contributed by atoms with Gasteiger partial charge in [0.05, 0.1) is 17.7 Å². The van der Waals surface area contributed by atoms with Crippen LogP contribution in [0, 0.1) is 0 Å². The lowest BCUT2D eigenvalue weighted by atomic mass is 10.2. The third-order valence-corrected chi connectivity index (χ3v) is 4.25. The molecule has 1 heterocycles. The molecule has 0 unspecified atom stereocenters. The second-order valence-electron chi connectivity index (χ2n) is 4.97. The highest BCUT2D eigenvalue weighted by Gasteiger charge is 2.36. The zero-order chi connectivity index (χ0) is 17.3. The number of carbonyl (C=O) groups excluding carboxylic acids is 2. The van der Waals surface area contributed by atoms with E-state index in [-0.39, 0.29) is 22.2 Å². The second-order valence-corrected chi connectivity index (χ2v) is 5.96. The lowest BCUT2D eigenvalue weighted by Crippen LogP contribution is -2.27. The number of benzene rings is 2. The number of imide groups is 1. The Bertz CT molecular complexity index is 862. The molecule has 2 aromatic rings. The van der Waals surface area contributed by atoms with E-state index in [0.29, 0.717) is 11.3 Å². The van der Waals surface area contributed by atoms with Gasteiger partial charge in [-0.25, -0.2) is 4.90 Å². The summed E-state index contributed by atoms with van der Waals surface area (Å²) in [5.41, 5.74) is 0.926. The number of methoxy groups -OCH3 is 1. The third-order valence-electron chi connectivity index (χ3n) is 3.38. The van der Waals surface area contributed by atoms with Crippen LogP contribution in [0.2, 0.25) is 0 Å². The van der Waals surface area contributed by atoms with E-state index in [1.165, 1.54) is 25.3 Å². The molecule has 0 atom stereocenters. The van der Waals surface area contributed by atoms with Crippen molar-refractivity contribution in [1.29, 1.82) is 0 Å². The normalized spacial score (nSPS) is 16.0. The van der Waals surface area contributed by atoms with Crippen LogP contribution >= 0.6 is 11.8 Å². The number of rotatable bonds is 3. The summed E-state index contributed by atoms with van der Waals surface area (Å²) in [6.07, 6.45) is 1.55. The summed E-state index contributed by atoms with van der Waals surface area (Å²) in [7, 11) is 1.43. The molecule has 0 radical (unpaired) electrons. The zero-order valence-electron chi connectivity index (χ0n) is 12.6. The first-order valence-electron chi connectivity index (χ1n) is 6.93. The number of carbonyl (C=O) groups is 2. The highest BCUT2D eigenvalue weighted by Crippen LogP contribution is 2.37. The van der Waals surface area contributed by atoms with Crippen molar-refractivity contribution >= 4 is 34.7 Å². The van der Waals surface area contributed by atoms with Gasteiger partial charge in [-0.15, -0.1) is 0 Å². The fraction of sp³-hybridized carbons (Fsp3) is 0.0588. The van der Waals surface area contributed by atoms with Crippen molar-refractivity contribution in [2.45, 2.75) is 0 Å². The number of aromatic hydroxyl groups is 2. The highest BCUT2D eigenvalue weighted by atomic mass is 32.2. The van der Waals surface area contributed by atoms with Crippen molar-refractivity contribution in [3.05, 3.63) is 52.9 Å². The molecule has 0 saturated carbocycles. The molecule has 0 aliphatic carbocycles. The van der Waals surface area contributed by atoms with E-state index in [1.807, 2.05) is 0 Å². The van der Waals surface area contributed by atoms with Gasteiger partial charge in [-0.05, 0) is 47.7 Å². The maximum absolute atomic E-state index is 12.5. The number of thioether (sulfide) groups is 1. The fourth-order valence-corrected chi connectivity index (χ4v) is 3.10. The Kier molecular flexibility index (Phi) is 4.18. The van der Waals surface area contributed by atoms with Gasteiger partial charge in [0.2, 0.25) is 0 Å². The molecule has 24 heavy (non-hydrogen) atoms. The van der Waals surface area contributed by atoms with Crippen LogP contribution in [-0.2, 0) is 4.79 Å². The Hall–Kier alpha value is -2.93. The number of hydrogen-bond acceptors (Lipinski definition) is 6. The van der Waals surface area contributed by atoms with Crippen molar-refractivity contribution in [1.82, 2.24) is 0 Å². The van der Waals surface area contributed by atoms with E-state index in [0.717, 1.165) is 16.7 Å². The molecule has 3 rings (SSSR count). The molecular weight excluding hydrogens is 330 g/mol. The number of phenols is 2. The molecule has 2 aromatic carbocycles. The van der Waals surface area contributed by atoms with Crippen LogP contribution in [0.3, 0.4) is 0 Å². The van der Waals surface area contributed by atoms with Crippen LogP contribution in [0.5, 0.6) is 17.2 Å². The van der Waals surface area contributed by atoms with Crippen LogP contribution in [-0.4, -0.2) is 28.5 Å². The smallest absolute Gasteiger partial charge is 0.298 e. The minimum Gasteiger partial charge on any atom is -0.508 e. The minimum atomic E-state index is -0.470. The summed E-state index contributed by atoms with van der Waals surface area (Å²) in [5.74, 6) is -0.236. The summed E-state index contributed by atoms with van der Waals surface area (Å²) in [4.78, 5) is 25.9. The van der Waals surface area contributed by atoms with Crippen molar-refractivity contribution in [2.75, 3.05) is 12.0 Å². The van der Waals surface area contributed by atoms with Crippen LogP contribution in [0.1, 0.15) is 5.56 Å². The van der Waals surface area contributed by atoms with Crippen LogP contribution in [0.4, 0.5) is 10.5 Å². The first kappa shape index (κ1) is 15.9. The lowest BCUT2D eigenvalue weighted by Gasteiger charge is -2.12. The number of hydrogen-bond donors (Lipinski definition) is 2. The fourth-order valence-electron chi connectivity index (χ4n) is 2.26. The maximum Gasteiger partial charge on any atom is 0.298 e. The molecule has 122 valence electrons. The van der Waals surface area contributed by atoms with Crippen LogP contribution in [0.15, 0.2) is 47.4 Å². The molecule has 1 fully saturated rings. The SMILES string of the molecule is COc1cc(/C=C2\SC(=O)N(c3cccc(O)c3)C2=O)ccc1O. The van der Waals surface area contributed by atoms with E-state index in [4.69, 9.17) is 4.74 Å². The van der Waals surface area contributed by atoms with Gasteiger partial charge in [-0.1, -0.05) is 12.1 Å². The summed E-state index contributed by atoms with van der Waals surface area (Å²) >= 11 is 0.809. The molecule has 1 saturated heterocycles. The van der Waals surface area contributed by atoms with Gasteiger partial charge in [0, 0.05) is 6.07 Å². The van der Waals surface area contributed by atoms with Gasteiger partial charge in [0.25, 0.3) is 11.1 Å². The van der Waals surface area contributed by atoms with Gasteiger partial charge in [-0.2, -0.15) is 0 Å². The summed E-state index contributed by atoms with van der Waals surface area (Å²) in [6, 6.07) is 10.6. The Balaban J connectivity index is 1.94. The first-order valence-corrected chi connectivity index (χ1v) is 7.75. The van der Waals surface area contributed by atoms with Crippen molar-refractivity contribution in [3.63, 3.8) is 0 Å². The Labute approximate surface area is 142 Å². The Morgan fingerprint density at radius 2 is 1.92 bits per heavy atom. The number of phenolic OH excluding ortho intramolecular Hbond substituents is 2. The topological polar surface area (TPSA) is 87.1 Å². The molecule has 0 aromatic heterocycles. The van der Waals surface area contributed by atoms with Gasteiger partial charge in [0.15, 0.2) is 11.5 Å². The summed E-state index contributed by atoms with van der Waals surface area (Å²) < 4.78 is 5.03. The molecule has 2 N–H and O–H groups in total. The quantitative estimate of drug-likeness (QED) is 0.831. The predicted octanol–water partition coefficient (Wildman–Crippen LogP) is 3.35. The summed E-state index contributed by atoms with van der Waals surface area (Å²) in [6.45, 7) is 0. The summed E-state index contributed by atoms with van der Waals surface area (Å²) in [5, 5.41) is 18.7. The van der Waals surface area contributed by atoms with E-state index in [2.05, 4.69) is 0 Å². The van der Waals surface area contributed by atoms with Crippen LogP contribution in [0.25, 0.3) is 6.08 Å². The second kappa shape index (κ2) is 6.29. The Morgan fingerprint density at radius 1 is 1.12 bits per heavy atom. The molecule has 1 aliphatic heterocycles. The standard InChI is InChI=1S/C17H13NO5S/c1-23-14-7-10(5-6-13(14)20)8-15-16(21)18(17(22)24-15)11-3-2-4-12(19)9-11/h2-9,19-20H,1H3/b15-8-. The molecule has 2 amide bonds. The van der Waals surface area contributed by atoms with Crippen molar-refractivity contribution in [3.8, 4) is 17.2 Å².